The zero-order valence-corrected chi connectivity index (χ0v) is 14.5. The first kappa shape index (κ1) is 17.9. The van der Waals surface area contributed by atoms with E-state index in [2.05, 4.69) is 5.32 Å². The molecule has 0 fully saturated rings. The van der Waals surface area contributed by atoms with Crippen LogP contribution in [0.2, 0.25) is 0 Å². The van der Waals surface area contributed by atoms with Crippen molar-refractivity contribution in [1.82, 2.24) is 9.62 Å². The summed E-state index contributed by atoms with van der Waals surface area (Å²) in [6, 6.07) is 5.10. The average molecular weight is 314 g/mol. The average Bonchev–Trinajstić information content (AvgIpc) is 2.45. The highest BCUT2D eigenvalue weighted by atomic mass is 32.2. The lowest BCUT2D eigenvalue weighted by molar-refractivity contribution is 0.313. The summed E-state index contributed by atoms with van der Waals surface area (Å²) in [5.41, 5.74) is 0.980. The van der Waals surface area contributed by atoms with Crippen LogP contribution in [0.15, 0.2) is 23.1 Å². The first-order valence-corrected chi connectivity index (χ1v) is 8.49. The van der Waals surface area contributed by atoms with Crippen LogP contribution in [-0.4, -0.2) is 40.0 Å². The molecule has 0 saturated heterocycles. The number of nitrogens with one attached hydrogen (secondary N) is 1. The quantitative estimate of drug-likeness (QED) is 0.837. The Morgan fingerprint density at radius 3 is 2.38 bits per heavy atom. The second-order valence-electron chi connectivity index (χ2n) is 5.52. The Morgan fingerprint density at radius 2 is 1.90 bits per heavy atom. The zero-order valence-electron chi connectivity index (χ0n) is 13.7. The maximum atomic E-state index is 12.8. The van der Waals surface area contributed by atoms with Crippen LogP contribution < -0.4 is 10.1 Å². The summed E-state index contributed by atoms with van der Waals surface area (Å²) in [5.74, 6) is 0.616. The van der Waals surface area contributed by atoms with Crippen LogP contribution in [0.1, 0.15) is 26.3 Å². The second kappa shape index (κ2) is 7.24. The smallest absolute Gasteiger partial charge is 0.246 e. The molecule has 1 aromatic rings. The number of sulfonamides is 1. The molecule has 0 saturated carbocycles. The lowest BCUT2D eigenvalue weighted by atomic mass is 10.1. The molecule has 0 bridgehead atoms. The molecule has 0 spiro atoms. The van der Waals surface area contributed by atoms with E-state index in [1.807, 2.05) is 27.8 Å². The van der Waals surface area contributed by atoms with Crippen molar-refractivity contribution in [3.63, 3.8) is 0 Å². The molecule has 1 N–H and O–H groups in total. The summed E-state index contributed by atoms with van der Waals surface area (Å²) in [5, 5.41) is 3.03. The van der Waals surface area contributed by atoms with Crippen LogP contribution in [0.5, 0.6) is 5.75 Å². The van der Waals surface area contributed by atoms with Crippen molar-refractivity contribution < 1.29 is 13.2 Å². The van der Waals surface area contributed by atoms with Gasteiger partial charge in [-0.1, -0.05) is 19.9 Å². The maximum Gasteiger partial charge on any atom is 0.246 e. The normalized spacial score (nSPS) is 13.7. The van der Waals surface area contributed by atoms with E-state index in [0.29, 0.717) is 12.3 Å². The Hall–Kier alpha value is -1.11. The van der Waals surface area contributed by atoms with Gasteiger partial charge in [-0.2, -0.15) is 4.31 Å². The second-order valence-corrected chi connectivity index (χ2v) is 7.49. The van der Waals surface area contributed by atoms with Crippen LogP contribution in [0, 0.1) is 5.92 Å². The van der Waals surface area contributed by atoms with E-state index in [1.165, 1.54) is 11.4 Å². The standard InChI is InChI=1S/C15H26N2O3S/c1-11(2)12(3)17(5)21(18,19)15-8-7-13(10-16-4)9-14(15)20-6/h7-9,11-12,16H,10H2,1-6H3. The molecule has 120 valence electrons. The molecule has 21 heavy (non-hydrogen) atoms. The largest absolute Gasteiger partial charge is 0.495 e. The third-order valence-corrected chi connectivity index (χ3v) is 5.79. The number of methoxy groups -OCH3 is 1. The van der Waals surface area contributed by atoms with E-state index in [9.17, 15) is 8.42 Å². The third-order valence-electron chi connectivity index (χ3n) is 3.80. The molecular formula is C15H26N2O3S. The number of rotatable bonds is 7. The van der Waals surface area contributed by atoms with Crippen LogP contribution in [0.3, 0.4) is 0 Å². The van der Waals surface area contributed by atoms with E-state index >= 15 is 0 Å². The SMILES string of the molecule is CNCc1ccc(S(=O)(=O)N(C)C(C)C(C)C)c(OC)c1. The fourth-order valence-corrected chi connectivity index (χ4v) is 3.66. The van der Waals surface area contributed by atoms with Gasteiger partial charge in [-0.3, -0.25) is 0 Å². The van der Waals surface area contributed by atoms with Crippen LogP contribution in [0.4, 0.5) is 0 Å². The van der Waals surface area contributed by atoms with E-state index in [0.717, 1.165) is 5.56 Å². The number of hydrogen-bond acceptors (Lipinski definition) is 4. The Bertz CT molecular complexity index is 570. The van der Waals surface area contributed by atoms with Crippen molar-refractivity contribution in [2.75, 3.05) is 21.2 Å². The van der Waals surface area contributed by atoms with E-state index in [1.54, 1.807) is 25.2 Å². The summed E-state index contributed by atoms with van der Waals surface area (Å²) in [6.07, 6.45) is 0. The summed E-state index contributed by atoms with van der Waals surface area (Å²) in [4.78, 5) is 0.208. The molecule has 0 aromatic heterocycles. The molecule has 0 aliphatic rings. The Morgan fingerprint density at radius 1 is 1.29 bits per heavy atom. The van der Waals surface area contributed by atoms with Gasteiger partial charge in [-0.25, -0.2) is 8.42 Å². The van der Waals surface area contributed by atoms with Gasteiger partial charge < -0.3 is 10.1 Å². The lowest BCUT2D eigenvalue weighted by Gasteiger charge is -2.27. The minimum absolute atomic E-state index is 0.0864. The summed E-state index contributed by atoms with van der Waals surface area (Å²) >= 11 is 0. The Balaban J connectivity index is 3.25. The van der Waals surface area contributed by atoms with Gasteiger partial charge in [0.2, 0.25) is 10.0 Å². The molecule has 1 rings (SSSR count). The molecule has 1 aromatic carbocycles. The van der Waals surface area contributed by atoms with Gasteiger partial charge in [0.15, 0.2) is 0 Å². The highest BCUT2D eigenvalue weighted by Gasteiger charge is 2.29. The number of nitrogens with zero attached hydrogens (tertiary/aromatic N) is 1. The van der Waals surface area contributed by atoms with Crippen LogP contribution in [-0.2, 0) is 16.6 Å². The zero-order chi connectivity index (χ0) is 16.2. The highest BCUT2D eigenvalue weighted by Crippen LogP contribution is 2.29. The first-order valence-electron chi connectivity index (χ1n) is 7.05. The molecule has 1 unspecified atom stereocenters. The number of ether oxygens (including phenoxy) is 1. The predicted octanol–water partition coefficient (Wildman–Crippen LogP) is 2.08. The van der Waals surface area contributed by atoms with Crippen LogP contribution in [0.25, 0.3) is 0 Å². The molecule has 0 amide bonds. The third kappa shape index (κ3) is 3.96. The van der Waals surface area contributed by atoms with E-state index in [4.69, 9.17) is 4.74 Å². The molecule has 0 aliphatic heterocycles. The molecule has 0 heterocycles. The highest BCUT2D eigenvalue weighted by molar-refractivity contribution is 7.89. The van der Waals surface area contributed by atoms with E-state index in [-0.39, 0.29) is 16.9 Å². The monoisotopic (exact) mass is 314 g/mol. The first-order chi connectivity index (χ1) is 9.75. The summed E-state index contributed by atoms with van der Waals surface area (Å²) in [7, 11) is 1.37. The van der Waals surface area contributed by atoms with Gasteiger partial charge >= 0.3 is 0 Å². The molecule has 5 nitrogen and oxygen atoms in total. The maximum absolute atomic E-state index is 12.8. The summed E-state index contributed by atoms with van der Waals surface area (Å²) in [6.45, 7) is 6.58. The van der Waals surface area contributed by atoms with Crippen molar-refractivity contribution in [3.8, 4) is 5.75 Å². The van der Waals surface area contributed by atoms with E-state index < -0.39 is 10.0 Å². The van der Waals surface area contributed by atoms with Gasteiger partial charge in [0.05, 0.1) is 7.11 Å². The van der Waals surface area contributed by atoms with Crippen molar-refractivity contribution >= 4 is 10.0 Å². The van der Waals surface area contributed by atoms with Crippen LogP contribution >= 0.6 is 0 Å². The Labute approximate surface area is 128 Å². The van der Waals surface area contributed by atoms with Gasteiger partial charge in [0, 0.05) is 19.6 Å². The minimum Gasteiger partial charge on any atom is -0.495 e. The Kier molecular flexibility index (Phi) is 6.19. The number of benzene rings is 1. The van der Waals surface area contributed by atoms with Crippen molar-refractivity contribution in [2.24, 2.45) is 5.92 Å². The molecule has 6 heteroatoms. The van der Waals surface area contributed by atoms with Crippen molar-refractivity contribution in [2.45, 2.75) is 38.3 Å². The van der Waals surface area contributed by atoms with Crippen molar-refractivity contribution in [1.29, 1.82) is 0 Å². The summed E-state index contributed by atoms with van der Waals surface area (Å²) < 4.78 is 32.2. The molecule has 0 radical (unpaired) electrons. The van der Waals surface area contributed by atoms with Gasteiger partial charge in [0.1, 0.15) is 10.6 Å². The molecule has 1 atom stereocenters. The fourth-order valence-electron chi connectivity index (χ4n) is 2.03. The number of hydrogen-bond donors (Lipinski definition) is 1. The fraction of sp³-hybridized carbons (Fsp3) is 0.600. The van der Waals surface area contributed by atoms with Gasteiger partial charge in [-0.15, -0.1) is 0 Å². The molecular weight excluding hydrogens is 288 g/mol. The minimum atomic E-state index is -3.57. The predicted molar refractivity (Wildman–Crippen MR) is 85.0 cm³/mol. The van der Waals surface area contributed by atoms with Crippen molar-refractivity contribution in [3.05, 3.63) is 23.8 Å². The van der Waals surface area contributed by atoms with Gasteiger partial charge in [0.25, 0.3) is 0 Å². The van der Waals surface area contributed by atoms with Gasteiger partial charge in [-0.05, 0) is 37.6 Å². The topological polar surface area (TPSA) is 58.6 Å². The lowest BCUT2D eigenvalue weighted by Crippen LogP contribution is -2.38. The molecule has 0 aliphatic carbocycles.